The number of halogens is 1. The molecule has 0 saturated carbocycles. The van der Waals surface area contributed by atoms with Crippen LogP contribution in [0.1, 0.15) is 20.3 Å². The molecular formula is C9H13Cl. The van der Waals surface area contributed by atoms with Gasteiger partial charge in [-0.25, -0.2) is 0 Å². The van der Waals surface area contributed by atoms with Crippen molar-refractivity contribution >= 4 is 11.6 Å². The average molecular weight is 157 g/mol. The first-order chi connectivity index (χ1) is 4.66. The third kappa shape index (κ3) is 5.64. The lowest BCUT2D eigenvalue weighted by Crippen LogP contribution is -1.67. The van der Waals surface area contributed by atoms with Crippen molar-refractivity contribution in [3.05, 3.63) is 35.4 Å². The van der Waals surface area contributed by atoms with Crippen LogP contribution in [-0.2, 0) is 0 Å². The Kier molecular flexibility index (Phi) is 5.05. The van der Waals surface area contributed by atoms with Crippen molar-refractivity contribution in [2.45, 2.75) is 20.3 Å². The second kappa shape index (κ2) is 5.31. The van der Waals surface area contributed by atoms with Crippen LogP contribution in [0.25, 0.3) is 0 Å². The van der Waals surface area contributed by atoms with E-state index < -0.39 is 0 Å². The van der Waals surface area contributed by atoms with Crippen LogP contribution in [0.15, 0.2) is 35.4 Å². The van der Waals surface area contributed by atoms with Crippen LogP contribution in [0.3, 0.4) is 0 Å². The Balaban J connectivity index is 3.82. The van der Waals surface area contributed by atoms with Crippen LogP contribution in [0.5, 0.6) is 0 Å². The van der Waals surface area contributed by atoms with E-state index in [-0.39, 0.29) is 0 Å². The Hall–Kier alpha value is -0.490. The van der Waals surface area contributed by atoms with Gasteiger partial charge in [-0.2, -0.15) is 0 Å². The molecule has 0 atom stereocenters. The van der Waals surface area contributed by atoms with Crippen molar-refractivity contribution in [1.29, 1.82) is 0 Å². The van der Waals surface area contributed by atoms with Crippen LogP contribution in [0.4, 0.5) is 0 Å². The predicted molar refractivity (Wildman–Crippen MR) is 48.2 cm³/mol. The zero-order valence-electron chi connectivity index (χ0n) is 6.52. The summed E-state index contributed by atoms with van der Waals surface area (Å²) in [5, 5.41) is 0.570. The van der Waals surface area contributed by atoms with Crippen LogP contribution in [0.2, 0.25) is 0 Å². The molecule has 1 heteroatoms. The maximum absolute atomic E-state index is 5.49. The third-order valence-electron chi connectivity index (χ3n) is 1.22. The second-order valence-electron chi connectivity index (χ2n) is 2.17. The van der Waals surface area contributed by atoms with Gasteiger partial charge in [-0.3, -0.25) is 0 Å². The Morgan fingerprint density at radius 3 is 2.60 bits per heavy atom. The maximum atomic E-state index is 5.49. The number of rotatable bonds is 3. The standard InChI is InChI=1S/C9H13Cl/c1-4-8(2)6-5-7-9(3)10/h5-7H,3-4H2,1-2H3. The summed E-state index contributed by atoms with van der Waals surface area (Å²) in [7, 11) is 0. The summed E-state index contributed by atoms with van der Waals surface area (Å²) >= 11 is 5.49. The number of hydrogen-bond donors (Lipinski definition) is 0. The fraction of sp³-hybridized carbons (Fsp3) is 0.333. The van der Waals surface area contributed by atoms with Gasteiger partial charge in [-0.15, -0.1) is 0 Å². The van der Waals surface area contributed by atoms with Gasteiger partial charge in [-0.1, -0.05) is 42.8 Å². The van der Waals surface area contributed by atoms with E-state index in [1.807, 2.05) is 12.2 Å². The molecule has 0 unspecified atom stereocenters. The first kappa shape index (κ1) is 9.51. The van der Waals surface area contributed by atoms with Gasteiger partial charge in [0, 0.05) is 5.03 Å². The molecule has 0 aliphatic heterocycles. The minimum absolute atomic E-state index is 0.570. The molecule has 0 aliphatic rings. The fourth-order valence-corrected chi connectivity index (χ4v) is 0.507. The van der Waals surface area contributed by atoms with Crippen LogP contribution in [0, 0.1) is 0 Å². The van der Waals surface area contributed by atoms with Crippen molar-refractivity contribution in [1.82, 2.24) is 0 Å². The molecule has 0 heterocycles. The Morgan fingerprint density at radius 2 is 2.20 bits per heavy atom. The van der Waals surface area contributed by atoms with Gasteiger partial charge in [0.1, 0.15) is 0 Å². The second-order valence-corrected chi connectivity index (χ2v) is 2.66. The monoisotopic (exact) mass is 156 g/mol. The highest BCUT2D eigenvalue weighted by Gasteiger charge is 1.78. The molecule has 0 aromatic rings. The van der Waals surface area contributed by atoms with Crippen molar-refractivity contribution in [3.63, 3.8) is 0 Å². The highest BCUT2D eigenvalue weighted by Crippen LogP contribution is 2.01. The topological polar surface area (TPSA) is 0 Å². The molecule has 0 nitrogen and oxygen atoms in total. The van der Waals surface area contributed by atoms with Crippen molar-refractivity contribution in [2.75, 3.05) is 0 Å². The lowest BCUT2D eigenvalue weighted by Gasteiger charge is -1.88. The molecule has 0 rings (SSSR count). The molecular weight excluding hydrogens is 144 g/mol. The zero-order valence-corrected chi connectivity index (χ0v) is 7.28. The van der Waals surface area contributed by atoms with Crippen LogP contribution in [-0.4, -0.2) is 0 Å². The van der Waals surface area contributed by atoms with Gasteiger partial charge in [-0.05, 0) is 19.4 Å². The lowest BCUT2D eigenvalue weighted by atomic mass is 10.2. The summed E-state index contributed by atoms with van der Waals surface area (Å²) in [6, 6.07) is 0. The SMILES string of the molecule is C=C(Cl)C=CC=C(C)CC. The van der Waals surface area contributed by atoms with Gasteiger partial charge in [0.2, 0.25) is 0 Å². The summed E-state index contributed by atoms with van der Waals surface area (Å²) in [4.78, 5) is 0. The first-order valence-corrected chi connectivity index (χ1v) is 3.73. The van der Waals surface area contributed by atoms with Crippen molar-refractivity contribution in [2.24, 2.45) is 0 Å². The Labute approximate surface area is 67.9 Å². The van der Waals surface area contributed by atoms with E-state index in [0.29, 0.717) is 5.03 Å². The third-order valence-corrected chi connectivity index (χ3v) is 1.34. The van der Waals surface area contributed by atoms with Gasteiger partial charge in [0.25, 0.3) is 0 Å². The lowest BCUT2D eigenvalue weighted by molar-refractivity contribution is 1.10. The molecule has 0 bridgehead atoms. The van der Waals surface area contributed by atoms with Gasteiger partial charge in [0.15, 0.2) is 0 Å². The van der Waals surface area contributed by atoms with E-state index in [4.69, 9.17) is 11.6 Å². The van der Waals surface area contributed by atoms with Crippen molar-refractivity contribution in [3.8, 4) is 0 Å². The molecule has 0 spiro atoms. The molecule has 0 aromatic carbocycles. The van der Waals surface area contributed by atoms with E-state index in [0.717, 1.165) is 6.42 Å². The molecule has 0 aliphatic carbocycles. The predicted octanol–water partition coefficient (Wildman–Crippen LogP) is 3.65. The first-order valence-electron chi connectivity index (χ1n) is 3.35. The van der Waals surface area contributed by atoms with Crippen LogP contribution >= 0.6 is 11.6 Å². The Morgan fingerprint density at radius 1 is 1.60 bits per heavy atom. The summed E-state index contributed by atoms with van der Waals surface area (Å²) < 4.78 is 0. The molecule has 0 aromatic heterocycles. The minimum atomic E-state index is 0.570. The van der Waals surface area contributed by atoms with E-state index in [2.05, 4.69) is 20.4 Å². The quantitative estimate of drug-likeness (QED) is 0.548. The van der Waals surface area contributed by atoms with E-state index in [1.54, 1.807) is 6.08 Å². The zero-order chi connectivity index (χ0) is 7.98. The largest absolute Gasteiger partial charge is 0.0850 e. The van der Waals surface area contributed by atoms with Gasteiger partial charge >= 0.3 is 0 Å². The smallest absolute Gasteiger partial charge is 0.0334 e. The molecule has 0 N–H and O–H groups in total. The van der Waals surface area contributed by atoms with E-state index in [1.165, 1.54) is 5.57 Å². The summed E-state index contributed by atoms with van der Waals surface area (Å²) in [5.74, 6) is 0. The van der Waals surface area contributed by atoms with Crippen molar-refractivity contribution < 1.29 is 0 Å². The fourth-order valence-electron chi connectivity index (χ4n) is 0.435. The number of allylic oxidation sites excluding steroid dienone is 5. The molecule has 0 amide bonds. The molecule has 56 valence electrons. The highest BCUT2D eigenvalue weighted by atomic mass is 35.5. The minimum Gasteiger partial charge on any atom is -0.0850 e. The van der Waals surface area contributed by atoms with Gasteiger partial charge < -0.3 is 0 Å². The van der Waals surface area contributed by atoms with E-state index >= 15 is 0 Å². The van der Waals surface area contributed by atoms with Gasteiger partial charge in [0.05, 0.1) is 0 Å². The molecule has 0 radical (unpaired) electrons. The molecule has 0 saturated heterocycles. The summed E-state index contributed by atoms with van der Waals surface area (Å²) in [6.45, 7) is 7.73. The normalized spacial score (nSPS) is 12.5. The number of hydrogen-bond acceptors (Lipinski definition) is 0. The average Bonchev–Trinajstić information content (AvgIpc) is 1.87. The Bertz CT molecular complexity index is 164. The molecule has 0 fully saturated rings. The van der Waals surface area contributed by atoms with Crippen LogP contribution < -0.4 is 0 Å². The summed E-state index contributed by atoms with van der Waals surface area (Å²) in [5.41, 5.74) is 1.34. The van der Waals surface area contributed by atoms with E-state index in [9.17, 15) is 0 Å². The molecule has 10 heavy (non-hydrogen) atoms. The summed E-state index contributed by atoms with van der Waals surface area (Å²) in [6.07, 6.45) is 6.81. The maximum Gasteiger partial charge on any atom is 0.0334 e. The highest BCUT2D eigenvalue weighted by molar-refractivity contribution is 6.30.